The minimum absolute atomic E-state index is 0.380. The van der Waals surface area contributed by atoms with Gasteiger partial charge in [-0.15, -0.1) is 0 Å². The Morgan fingerprint density at radius 1 is 1.30 bits per heavy atom. The summed E-state index contributed by atoms with van der Waals surface area (Å²) >= 11 is 0. The van der Waals surface area contributed by atoms with E-state index in [-0.39, 0.29) is 0 Å². The Bertz CT molecular complexity index is 409. The molecule has 2 heterocycles. The van der Waals surface area contributed by atoms with E-state index in [1.165, 1.54) is 24.8 Å². The highest BCUT2D eigenvalue weighted by Crippen LogP contribution is 2.38. The average Bonchev–Trinajstić information content (AvgIpc) is 2.93. The van der Waals surface area contributed by atoms with Gasteiger partial charge in [0.1, 0.15) is 5.82 Å². The lowest BCUT2D eigenvalue weighted by atomic mass is 9.82. The summed E-state index contributed by atoms with van der Waals surface area (Å²) in [7, 11) is 0. The van der Waals surface area contributed by atoms with Gasteiger partial charge in [0.2, 0.25) is 0 Å². The van der Waals surface area contributed by atoms with E-state index in [4.69, 9.17) is 0 Å². The monoisotopic (exact) mass is 275 g/mol. The molecule has 1 aliphatic rings. The van der Waals surface area contributed by atoms with Crippen molar-refractivity contribution in [2.45, 2.75) is 53.0 Å². The summed E-state index contributed by atoms with van der Waals surface area (Å²) in [5, 5.41) is 3.43. The number of hydrogen-bond acceptors (Lipinski definition) is 3. The van der Waals surface area contributed by atoms with Gasteiger partial charge >= 0.3 is 0 Å². The van der Waals surface area contributed by atoms with Crippen molar-refractivity contribution in [1.29, 1.82) is 0 Å². The van der Waals surface area contributed by atoms with Gasteiger partial charge in [0.15, 0.2) is 0 Å². The van der Waals surface area contributed by atoms with Crippen LogP contribution < -0.4 is 10.2 Å². The van der Waals surface area contributed by atoms with E-state index in [2.05, 4.69) is 55.0 Å². The number of rotatable bonds is 6. The fourth-order valence-corrected chi connectivity index (χ4v) is 3.22. The molecule has 1 saturated heterocycles. The highest BCUT2D eigenvalue weighted by Gasteiger charge is 2.35. The van der Waals surface area contributed by atoms with Crippen LogP contribution in [0.4, 0.5) is 5.82 Å². The van der Waals surface area contributed by atoms with Crippen LogP contribution in [0.2, 0.25) is 0 Å². The maximum atomic E-state index is 4.68. The lowest BCUT2D eigenvalue weighted by Crippen LogP contribution is -2.26. The number of hydrogen-bond donors (Lipinski definition) is 1. The summed E-state index contributed by atoms with van der Waals surface area (Å²) in [6.45, 7) is 12.3. The quantitative estimate of drug-likeness (QED) is 0.856. The van der Waals surface area contributed by atoms with Crippen molar-refractivity contribution in [2.24, 2.45) is 5.41 Å². The number of pyridine rings is 1. The molecule has 0 amide bonds. The van der Waals surface area contributed by atoms with Crippen molar-refractivity contribution in [1.82, 2.24) is 10.3 Å². The first kappa shape index (κ1) is 15.3. The molecule has 20 heavy (non-hydrogen) atoms. The summed E-state index contributed by atoms with van der Waals surface area (Å²) in [4.78, 5) is 7.14. The Morgan fingerprint density at radius 3 is 2.55 bits per heavy atom. The van der Waals surface area contributed by atoms with E-state index in [0.717, 1.165) is 25.5 Å². The first-order valence-electron chi connectivity index (χ1n) is 8.08. The fourth-order valence-electron chi connectivity index (χ4n) is 3.22. The highest BCUT2D eigenvalue weighted by molar-refractivity contribution is 5.41. The van der Waals surface area contributed by atoms with Crippen LogP contribution in [-0.2, 0) is 0 Å². The zero-order valence-corrected chi connectivity index (χ0v) is 13.4. The van der Waals surface area contributed by atoms with Crippen LogP contribution in [0.1, 0.15) is 58.6 Å². The minimum atomic E-state index is 0.380. The first-order chi connectivity index (χ1) is 9.64. The summed E-state index contributed by atoms with van der Waals surface area (Å²) in [6.07, 6.45) is 5.88. The van der Waals surface area contributed by atoms with Crippen LogP contribution >= 0.6 is 0 Å². The van der Waals surface area contributed by atoms with Gasteiger partial charge in [-0.2, -0.15) is 0 Å². The molecular weight excluding hydrogens is 246 g/mol. The van der Waals surface area contributed by atoms with Crippen molar-refractivity contribution < 1.29 is 0 Å². The molecule has 0 radical (unpaired) electrons. The maximum absolute atomic E-state index is 4.68. The molecule has 1 aromatic heterocycles. The molecule has 1 atom stereocenters. The zero-order valence-electron chi connectivity index (χ0n) is 13.4. The smallest absolute Gasteiger partial charge is 0.128 e. The number of aromatic nitrogens is 1. The lowest BCUT2D eigenvalue weighted by molar-refractivity contribution is 0.301. The Balaban J connectivity index is 2.04. The van der Waals surface area contributed by atoms with E-state index in [9.17, 15) is 0 Å². The predicted molar refractivity (Wildman–Crippen MR) is 86.2 cm³/mol. The molecule has 1 unspecified atom stereocenters. The van der Waals surface area contributed by atoms with Gasteiger partial charge in [-0.1, -0.05) is 26.8 Å². The topological polar surface area (TPSA) is 28.2 Å². The van der Waals surface area contributed by atoms with Gasteiger partial charge < -0.3 is 10.2 Å². The van der Waals surface area contributed by atoms with Gasteiger partial charge in [-0.25, -0.2) is 4.98 Å². The molecule has 1 aliphatic heterocycles. The average molecular weight is 275 g/mol. The van der Waals surface area contributed by atoms with Crippen molar-refractivity contribution in [3.05, 3.63) is 23.9 Å². The van der Waals surface area contributed by atoms with Gasteiger partial charge in [-0.3, -0.25) is 0 Å². The van der Waals surface area contributed by atoms with Crippen LogP contribution in [0.3, 0.4) is 0 Å². The number of nitrogens with one attached hydrogen (secondary N) is 1. The van der Waals surface area contributed by atoms with Crippen molar-refractivity contribution in [3.8, 4) is 0 Å². The summed E-state index contributed by atoms with van der Waals surface area (Å²) < 4.78 is 0. The fraction of sp³-hybridized carbons (Fsp3) is 0.706. The Kier molecular flexibility index (Phi) is 5.03. The van der Waals surface area contributed by atoms with Crippen LogP contribution in [0.15, 0.2) is 18.3 Å². The molecule has 0 spiro atoms. The highest BCUT2D eigenvalue weighted by atomic mass is 15.2. The second kappa shape index (κ2) is 6.57. The normalized spacial score (nSPS) is 19.3. The molecule has 0 bridgehead atoms. The van der Waals surface area contributed by atoms with Crippen molar-refractivity contribution in [2.75, 3.05) is 24.5 Å². The summed E-state index contributed by atoms with van der Waals surface area (Å²) in [6, 6.07) is 4.78. The van der Waals surface area contributed by atoms with E-state index < -0.39 is 0 Å². The minimum Gasteiger partial charge on any atom is -0.356 e. The maximum Gasteiger partial charge on any atom is 0.128 e. The second-order valence-corrected chi connectivity index (χ2v) is 6.11. The van der Waals surface area contributed by atoms with E-state index >= 15 is 0 Å². The molecule has 0 aromatic carbocycles. The molecule has 1 aromatic rings. The Hall–Kier alpha value is -1.09. The summed E-state index contributed by atoms with van der Waals surface area (Å²) in [5.41, 5.74) is 1.78. The van der Waals surface area contributed by atoms with Crippen LogP contribution in [0, 0.1) is 5.41 Å². The predicted octanol–water partition coefficient (Wildman–Crippen LogP) is 3.77. The molecule has 3 nitrogen and oxygen atoms in total. The molecule has 3 heteroatoms. The van der Waals surface area contributed by atoms with Crippen LogP contribution in [0.5, 0.6) is 0 Å². The van der Waals surface area contributed by atoms with Gasteiger partial charge in [0, 0.05) is 25.3 Å². The lowest BCUT2D eigenvalue weighted by Gasteiger charge is -2.26. The summed E-state index contributed by atoms with van der Waals surface area (Å²) in [5.74, 6) is 1.14. The van der Waals surface area contributed by atoms with Gasteiger partial charge in [-0.05, 0) is 49.8 Å². The Labute approximate surface area is 123 Å². The molecule has 0 saturated carbocycles. The second-order valence-electron chi connectivity index (χ2n) is 6.11. The Morgan fingerprint density at radius 2 is 2.05 bits per heavy atom. The molecule has 112 valence electrons. The third-order valence-corrected chi connectivity index (χ3v) is 5.04. The SMILES string of the molecule is CCNC(C)c1ccc(N2CCC(CC)(CC)C2)nc1. The largest absolute Gasteiger partial charge is 0.356 e. The van der Waals surface area contributed by atoms with E-state index in [0.29, 0.717) is 11.5 Å². The number of nitrogens with zero attached hydrogens (tertiary/aromatic N) is 2. The molecule has 2 rings (SSSR count). The molecule has 1 N–H and O–H groups in total. The molecule has 0 aliphatic carbocycles. The van der Waals surface area contributed by atoms with Gasteiger partial charge in [0.05, 0.1) is 0 Å². The third kappa shape index (κ3) is 3.14. The molecular formula is C17H29N3. The first-order valence-corrected chi connectivity index (χ1v) is 8.08. The third-order valence-electron chi connectivity index (χ3n) is 5.04. The van der Waals surface area contributed by atoms with Gasteiger partial charge in [0.25, 0.3) is 0 Å². The number of anilines is 1. The van der Waals surface area contributed by atoms with E-state index in [1.807, 2.05) is 6.20 Å². The van der Waals surface area contributed by atoms with E-state index in [1.54, 1.807) is 0 Å². The van der Waals surface area contributed by atoms with Crippen molar-refractivity contribution in [3.63, 3.8) is 0 Å². The van der Waals surface area contributed by atoms with Crippen molar-refractivity contribution >= 4 is 5.82 Å². The van der Waals surface area contributed by atoms with Crippen LogP contribution in [0.25, 0.3) is 0 Å². The zero-order chi connectivity index (χ0) is 14.6. The van der Waals surface area contributed by atoms with Crippen LogP contribution in [-0.4, -0.2) is 24.6 Å². The standard InChI is InChI=1S/C17H29N3/c1-5-17(6-2)10-11-20(13-17)16-9-8-15(12-19-16)14(4)18-7-3/h8-9,12,14,18H,5-7,10-11,13H2,1-4H3. The molecule has 1 fully saturated rings.